The summed E-state index contributed by atoms with van der Waals surface area (Å²) < 4.78 is 1.59. The molecule has 0 spiro atoms. The Balaban J connectivity index is 1.93. The van der Waals surface area contributed by atoms with Crippen molar-refractivity contribution in [3.05, 3.63) is 33.6 Å². The highest BCUT2D eigenvalue weighted by Crippen LogP contribution is 2.22. The predicted molar refractivity (Wildman–Crippen MR) is 103 cm³/mol. The zero-order valence-corrected chi connectivity index (χ0v) is 16.3. The molecule has 1 aliphatic rings. The molecule has 0 saturated carbocycles. The molecule has 0 unspecified atom stereocenters. The highest BCUT2D eigenvalue weighted by Gasteiger charge is 2.26. The van der Waals surface area contributed by atoms with Crippen molar-refractivity contribution < 1.29 is 9.59 Å². The molecule has 26 heavy (non-hydrogen) atoms. The summed E-state index contributed by atoms with van der Waals surface area (Å²) in [7, 11) is 0. The van der Waals surface area contributed by atoms with Crippen LogP contribution >= 0.6 is 23.4 Å². The number of carbonyl (C=O) groups is 2. The number of amides is 2. The summed E-state index contributed by atoms with van der Waals surface area (Å²) in [5.74, 6) is -0.0493. The largest absolute Gasteiger partial charge is 0.287 e. The maximum absolute atomic E-state index is 12.9. The van der Waals surface area contributed by atoms with Crippen LogP contribution in [0.15, 0.2) is 28.2 Å². The second-order valence-electron chi connectivity index (χ2n) is 6.70. The number of hydrogen-bond acceptors (Lipinski definition) is 5. The Kier molecular flexibility index (Phi) is 5.67. The number of thioether (sulfide) groups is 1. The Bertz CT molecular complexity index is 926. The molecule has 3 rings (SSSR count). The molecular formula is C18H20ClN3O3S. The Morgan fingerprint density at radius 3 is 2.77 bits per heavy atom. The average molecular weight is 394 g/mol. The van der Waals surface area contributed by atoms with Crippen LogP contribution in [0.1, 0.15) is 26.7 Å². The molecule has 8 heteroatoms. The summed E-state index contributed by atoms with van der Waals surface area (Å²) in [4.78, 5) is 42.8. The lowest BCUT2D eigenvalue weighted by atomic mass is 10.2. The lowest BCUT2D eigenvalue weighted by Gasteiger charge is -2.16. The van der Waals surface area contributed by atoms with Gasteiger partial charge in [-0.3, -0.25) is 23.9 Å². The minimum atomic E-state index is -0.237. The van der Waals surface area contributed by atoms with Gasteiger partial charge in [0.05, 0.1) is 16.7 Å². The zero-order chi connectivity index (χ0) is 18.8. The Morgan fingerprint density at radius 2 is 2.12 bits per heavy atom. The van der Waals surface area contributed by atoms with E-state index in [1.165, 1.54) is 16.7 Å². The highest BCUT2D eigenvalue weighted by molar-refractivity contribution is 7.99. The van der Waals surface area contributed by atoms with Crippen molar-refractivity contribution in [2.75, 3.05) is 12.3 Å². The van der Waals surface area contributed by atoms with Gasteiger partial charge in [0.1, 0.15) is 0 Å². The molecule has 2 amide bonds. The van der Waals surface area contributed by atoms with Gasteiger partial charge in [-0.05, 0) is 30.5 Å². The number of fused-ring (bicyclic) bond motifs is 1. The standard InChI is InChI=1S/C18H20ClN3O3S/c1-11(2)9-22-17(25)13-8-12(19)5-6-14(13)20-18(22)26-10-16(24)21-7-3-4-15(21)23/h5-6,8,11H,3-4,7,9-10H2,1-2H3. The van der Waals surface area contributed by atoms with Crippen molar-refractivity contribution in [1.82, 2.24) is 14.5 Å². The molecule has 2 aromatic rings. The highest BCUT2D eigenvalue weighted by atomic mass is 35.5. The molecule has 0 atom stereocenters. The molecule has 0 N–H and O–H groups in total. The molecule has 1 saturated heterocycles. The van der Waals surface area contributed by atoms with E-state index in [1.54, 1.807) is 22.8 Å². The zero-order valence-electron chi connectivity index (χ0n) is 14.7. The molecule has 0 aliphatic carbocycles. The smallest absolute Gasteiger partial charge is 0.262 e. The average Bonchev–Trinajstić information content (AvgIpc) is 3.02. The van der Waals surface area contributed by atoms with E-state index in [1.807, 2.05) is 13.8 Å². The second-order valence-corrected chi connectivity index (χ2v) is 8.08. The lowest BCUT2D eigenvalue weighted by Crippen LogP contribution is -2.33. The fourth-order valence-corrected chi connectivity index (χ4v) is 3.98. The Morgan fingerprint density at radius 1 is 1.35 bits per heavy atom. The van der Waals surface area contributed by atoms with E-state index in [2.05, 4.69) is 4.98 Å². The van der Waals surface area contributed by atoms with Gasteiger partial charge < -0.3 is 0 Å². The van der Waals surface area contributed by atoms with Gasteiger partial charge in [0.2, 0.25) is 11.8 Å². The summed E-state index contributed by atoms with van der Waals surface area (Å²) in [6, 6.07) is 5.01. The van der Waals surface area contributed by atoms with Crippen LogP contribution in [0.3, 0.4) is 0 Å². The van der Waals surface area contributed by atoms with Gasteiger partial charge in [-0.2, -0.15) is 0 Å². The number of aromatic nitrogens is 2. The third-order valence-corrected chi connectivity index (χ3v) is 5.32. The van der Waals surface area contributed by atoms with Gasteiger partial charge >= 0.3 is 0 Å². The molecule has 0 radical (unpaired) electrons. The van der Waals surface area contributed by atoms with Crippen LogP contribution < -0.4 is 5.56 Å². The first-order valence-corrected chi connectivity index (χ1v) is 9.89. The SMILES string of the molecule is CC(C)Cn1c(SCC(=O)N2CCCC2=O)nc2ccc(Cl)cc2c1=O. The molecule has 2 heterocycles. The lowest BCUT2D eigenvalue weighted by molar-refractivity contribution is -0.140. The summed E-state index contributed by atoms with van der Waals surface area (Å²) >= 11 is 7.21. The molecule has 1 fully saturated rings. The first-order valence-electron chi connectivity index (χ1n) is 8.53. The van der Waals surface area contributed by atoms with Gasteiger partial charge in [-0.25, -0.2) is 4.98 Å². The van der Waals surface area contributed by atoms with E-state index in [-0.39, 0.29) is 29.0 Å². The molecule has 1 aromatic heterocycles. The Hall–Kier alpha value is -1.86. The fraction of sp³-hybridized carbons (Fsp3) is 0.444. The second kappa shape index (κ2) is 7.80. The van der Waals surface area contributed by atoms with E-state index in [4.69, 9.17) is 11.6 Å². The molecule has 1 aliphatic heterocycles. The number of hydrogen-bond donors (Lipinski definition) is 0. The quantitative estimate of drug-likeness (QED) is 0.576. The number of benzene rings is 1. The van der Waals surface area contributed by atoms with Crippen molar-refractivity contribution in [1.29, 1.82) is 0 Å². The third kappa shape index (κ3) is 3.94. The summed E-state index contributed by atoms with van der Waals surface area (Å²) in [5.41, 5.74) is 0.380. The maximum Gasteiger partial charge on any atom is 0.262 e. The van der Waals surface area contributed by atoms with E-state index in [0.29, 0.717) is 47.0 Å². The predicted octanol–water partition coefficient (Wildman–Crippen LogP) is 2.95. The number of carbonyl (C=O) groups excluding carboxylic acids is 2. The van der Waals surface area contributed by atoms with Gasteiger partial charge in [0.25, 0.3) is 5.56 Å². The number of rotatable bonds is 5. The van der Waals surface area contributed by atoms with Crippen molar-refractivity contribution in [2.45, 2.75) is 38.4 Å². The van der Waals surface area contributed by atoms with Gasteiger partial charge in [0.15, 0.2) is 5.16 Å². The minimum Gasteiger partial charge on any atom is -0.287 e. The van der Waals surface area contributed by atoms with Crippen molar-refractivity contribution in [3.63, 3.8) is 0 Å². The summed E-state index contributed by atoms with van der Waals surface area (Å²) in [5, 5.41) is 1.43. The summed E-state index contributed by atoms with van der Waals surface area (Å²) in [6.07, 6.45) is 1.13. The van der Waals surface area contributed by atoms with Crippen LogP contribution in [-0.2, 0) is 16.1 Å². The Labute approximate surface area is 160 Å². The van der Waals surface area contributed by atoms with Gasteiger partial charge in [-0.1, -0.05) is 37.2 Å². The van der Waals surface area contributed by atoms with Gasteiger partial charge in [0, 0.05) is 24.5 Å². The van der Waals surface area contributed by atoms with E-state index >= 15 is 0 Å². The minimum absolute atomic E-state index is 0.0787. The van der Waals surface area contributed by atoms with Crippen LogP contribution in [-0.4, -0.2) is 38.6 Å². The van der Waals surface area contributed by atoms with Crippen LogP contribution in [0.5, 0.6) is 0 Å². The number of halogens is 1. The third-order valence-electron chi connectivity index (χ3n) is 4.13. The maximum atomic E-state index is 12.9. The van der Waals surface area contributed by atoms with Crippen LogP contribution in [0.25, 0.3) is 10.9 Å². The van der Waals surface area contributed by atoms with E-state index < -0.39 is 0 Å². The first-order chi connectivity index (χ1) is 12.4. The van der Waals surface area contributed by atoms with Crippen molar-refractivity contribution >= 4 is 46.1 Å². The molecular weight excluding hydrogens is 374 g/mol. The van der Waals surface area contributed by atoms with Crippen LogP contribution in [0.4, 0.5) is 0 Å². The molecule has 6 nitrogen and oxygen atoms in total. The topological polar surface area (TPSA) is 72.3 Å². The number of imide groups is 1. The number of nitrogens with zero attached hydrogens (tertiary/aromatic N) is 3. The van der Waals surface area contributed by atoms with Crippen molar-refractivity contribution in [3.8, 4) is 0 Å². The molecule has 0 bridgehead atoms. The summed E-state index contributed by atoms with van der Waals surface area (Å²) in [6.45, 7) is 4.99. The van der Waals surface area contributed by atoms with E-state index in [9.17, 15) is 14.4 Å². The molecule has 1 aromatic carbocycles. The van der Waals surface area contributed by atoms with Gasteiger partial charge in [-0.15, -0.1) is 0 Å². The molecule has 138 valence electrons. The van der Waals surface area contributed by atoms with Crippen LogP contribution in [0.2, 0.25) is 5.02 Å². The van der Waals surface area contributed by atoms with Crippen LogP contribution in [0, 0.1) is 5.92 Å². The number of likely N-dealkylation sites (tertiary alicyclic amines) is 1. The fourth-order valence-electron chi connectivity index (χ4n) is 2.93. The van der Waals surface area contributed by atoms with E-state index in [0.717, 1.165) is 0 Å². The monoisotopic (exact) mass is 393 g/mol. The first kappa shape index (κ1) is 18.9. The van der Waals surface area contributed by atoms with Crippen molar-refractivity contribution in [2.24, 2.45) is 5.92 Å². The normalized spacial score (nSPS) is 14.6.